The molecule has 2 saturated carbocycles. The number of hydrogen-bond acceptors (Lipinski definition) is 3. The van der Waals surface area contributed by atoms with E-state index in [0.717, 1.165) is 31.6 Å². The van der Waals surface area contributed by atoms with Gasteiger partial charge in [0.05, 0.1) is 6.42 Å². The smallest absolute Gasteiger partial charge is 0.326 e. The second-order valence-electron chi connectivity index (χ2n) is 6.31. The average Bonchev–Trinajstić information content (AvgIpc) is 2.45. The quantitative estimate of drug-likeness (QED) is 0.715. The summed E-state index contributed by atoms with van der Waals surface area (Å²) in [6.07, 6.45) is 6.94. The van der Waals surface area contributed by atoms with Gasteiger partial charge in [-0.25, -0.2) is 4.79 Å². The molecule has 0 heterocycles. The van der Waals surface area contributed by atoms with Crippen LogP contribution in [0.3, 0.4) is 0 Å². The molecule has 118 valence electrons. The highest BCUT2D eigenvalue weighted by molar-refractivity contribution is 5.87. The van der Waals surface area contributed by atoms with Crippen molar-refractivity contribution >= 4 is 17.8 Å². The van der Waals surface area contributed by atoms with Crippen molar-refractivity contribution in [1.29, 1.82) is 0 Å². The van der Waals surface area contributed by atoms with Crippen LogP contribution in [0.5, 0.6) is 0 Å². The third kappa shape index (κ3) is 4.19. The van der Waals surface area contributed by atoms with Crippen molar-refractivity contribution in [3.8, 4) is 0 Å². The molecule has 0 aliphatic heterocycles. The van der Waals surface area contributed by atoms with Gasteiger partial charge in [0.2, 0.25) is 5.91 Å². The molecule has 2 aliphatic carbocycles. The van der Waals surface area contributed by atoms with Crippen LogP contribution in [-0.4, -0.2) is 34.1 Å². The minimum Gasteiger partial charge on any atom is -0.481 e. The van der Waals surface area contributed by atoms with Gasteiger partial charge in [-0.15, -0.1) is 0 Å². The molecule has 4 atom stereocenters. The highest BCUT2D eigenvalue weighted by atomic mass is 16.4. The van der Waals surface area contributed by atoms with Crippen LogP contribution in [0.2, 0.25) is 0 Å². The molecule has 21 heavy (non-hydrogen) atoms. The third-order valence-corrected chi connectivity index (χ3v) is 4.90. The highest BCUT2D eigenvalue weighted by Crippen LogP contribution is 2.42. The van der Waals surface area contributed by atoms with Gasteiger partial charge in [0, 0.05) is 5.92 Å². The standard InChI is InChI=1S/C15H23NO5/c17-13(18)8-12(15(20)21)16-14(19)11-6-5-9-3-1-2-4-10(9)7-11/h9-12H,1-8H2,(H,16,19)(H,17,18)(H,20,21)/t9?,10?,11?,12-/m1/s1. The fourth-order valence-electron chi connectivity index (χ4n) is 3.78. The first kappa shape index (κ1) is 15.8. The molecule has 0 radical (unpaired) electrons. The Morgan fingerprint density at radius 2 is 1.67 bits per heavy atom. The summed E-state index contributed by atoms with van der Waals surface area (Å²) in [7, 11) is 0. The third-order valence-electron chi connectivity index (χ3n) is 4.90. The van der Waals surface area contributed by atoms with E-state index in [2.05, 4.69) is 5.32 Å². The Labute approximate surface area is 123 Å². The molecule has 6 heteroatoms. The number of rotatable bonds is 5. The van der Waals surface area contributed by atoms with E-state index in [4.69, 9.17) is 10.2 Å². The zero-order valence-electron chi connectivity index (χ0n) is 12.1. The van der Waals surface area contributed by atoms with Crippen LogP contribution in [-0.2, 0) is 14.4 Å². The molecule has 6 nitrogen and oxygen atoms in total. The molecule has 2 fully saturated rings. The maximum Gasteiger partial charge on any atom is 0.326 e. The number of carboxylic acids is 2. The van der Waals surface area contributed by atoms with Gasteiger partial charge in [0.15, 0.2) is 0 Å². The summed E-state index contributed by atoms with van der Waals surface area (Å²) in [6.45, 7) is 0. The van der Waals surface area contributed by atoms with Gasteiger partial charge in [-0.1, -0.05) is 25.7 Å². The number of hydrogen-bond donors (Lipinski definition) is 3. The van der Waals surface area contributed by atoms with Crippen molar-refractivity contribution < 1.29 is 24.6 Å². The summed E-state index contributed by atoms with van der Waals surface area (Å²) >= 11 is 0. The molecule has 0 bridgehead atoms. The van der Waals surface area contributed by atoms with Crippen LogP contribution in [0.1, 0.15) is 51.4 Å². The summed E-state index contributed by atoms with van der Waals surface area (Å²) in [5, 5.41) is 20.1. The lowest BCUT2D eigenvalue weighted by molar-refractivity contribution is -0.147. The minimum atomic E-state index is -1.33. The zero-order chi connectivity index (χ0) is 15.4. The molecule has 0 aromatic carbocycles. The van der Waals surface area contributed by atoms with Crippen molar-refractivity contribution in [3.05, 3.63) is 0 Å². The van der Waals surface area contributed by atoms with Gasteiger partial charge in [0.1, 0.15) is 6.04 Å². The van der Waals surface area contributed by atoms with E-state index in [-0.39, 0.29) is 11.8 Å². The lowest BCUT2D eigenvalue weighted by Crippen LogP contribution is -2.46. The van der Waals surface area contributed by atoms with Crippen LogP contribution in [0.25, 0.3) is 0 Å². The number of fused-ring (bicyclic) bond motifs is 1. The van der Waals surface area contributed by atoms with E-state index < -0.39 is 24.4 Å². The highest BCUT2D eigenvalue weighted by Gasteiger charge is 2.36. The Bertz CT molecular complexity index is 422. The second-order valence-corrected chi connectivity index (χ2v) is 6.31. The normalized spacial score (nSPS) is 30.0. The lowest BCUT2D eigenvalue weighted by Gasteiger charge is -2.38. The fourth-order valence-corrected chi connectivity index (χ4v) is 3.78. The largest absolute Gasteiger partial charge is 0.481 e. The first-order valence-electron chi connectivity index (χ1n) is 7.72. The SMILES string of the molecule is O=C(O)C[C@@H](NC(=O)C1CCC2CCCCC2C1)C(=O)O. The Kier molecular flexibility index (Phi) is 5.20. The molecule has 2 aliphatic rings. The summed E-state index contributed by atoms with van der Waals surface area (Å²) < 4.78 is 0. The Morgan fingerprint density at radius 3 is 2.29 bits per heavy atom. The van der Waals surface area contributed by atoms with E-state index in [9.17, 15) is 14.4 Å². The van der Waals surface area contributed by atoms with Crippen molar-refractivity contribution in [2.75, 3.05) is 0 Å². The monoisotopic (exact) mass is 297 g/mol. The molecule has 3 N–H and O–H groups in total. The van der Waals surface area contributed by atoms with Crippen LogP contribution in [0.4, 0.5) is 0 Å². The van der Waals surface area contributed by atoms with E-state index in [0.29, 0.717) is 5.92 Å². The van der Waals surface area contributed by atoms with Crippen LogP contribution in [0.15, 0.2) is 0 Å². The predicted molar refractivity (Wildman–Crippen MR) is 74.6 cm³/mol. The van der Waals surface area contributed by atoms with E-state index in [1.54, 1.807) is 0 Å². The summed E-state index contributed by atoms with van der Waals surface area (Å²) in [4.78, 5) is 33.8. The maximum atomic E-state index is 12.2. The number of carbonyl (C=O) groups is 3. The first-order chi connectivity index (χ1) is 9.97. The minimum absolute atomic E-state index is 0.167. The van der Waals surface area contributed by atoms with Gasteiger partial charge in [-0.3, -0.25) is 9.59 Å². The Morgan fingerprint density at radius 1 is 1.00 bits per heavy atom. The van der Waals surface area contributed by atoms with E-state index in [1.807, 2.05) is 0 Å². The number of aliphatic carboxylic acids is 2. The summed E-state index contributed by atoms with van der Waals surface area (Å²) in [5.74, 6) is -1.69. The van der Waals surface area contributed by atoms with Crippen molar-refractivity contribution in [2.24, 2.45) is 17.8 Å². The predicted octanol–water partition coefficient (Wildman–Crippen LogP) is 1.64. The first-order valence-corrected chi connectivity index (χ1v) is 7.72. The molecule has 1 amide bonds. The molecule has 0 saturated heterocycles. The van der Waals surface area contributed by atoms with Gasteiger partial charge in [-0.2, -0.15) is 0 Å². The van der Waals surface area contributed by atoms with Crippen LogP contribution < -0.4 is 5.32 Å². The van der Waals surface area contributed by atoms with Crippen molar-refractivity contribution in [2.45, 2.75) is 57.4 Å². The molecule has 3 unspecified atom stereocenters. The number of carbonyl (C=O) groups excluding carboxylic acids is 1. The Balaban J connectivity index is 1.90. The number of nitrogens with one attached hydrogen (secondary N) is 1. The number of carboxylic acid groups (broad SMARTS) is 2. The topological polar surface area (TPSA) is 104 Å². The molecular weight excluding hydrogens is 274 g/mol. The number of amides is 1. The van der Waals surface area contributed by atoms with Crippen LogP contribution >= 0.6 is 0 Å². The van der Waals surface area contributed by atoms with Crippen molar-refractivity contribution in [1.82, 2.24) is 5.32 Å². The van der Waals surface area contributed by atoms with Gasteiger partial charge >= 0.3 is 11.9 Å². The molecular formula is C15H23NO5. The van der Waals surface area contributed by atoms with Gasteiger partial charge < -0.3 is 15.5 Å². The molecule has 0 aromatic heterocycles. The lowest BCUT2D eigenvalue weighted by atomic mass is 9.67. The Hall–Kier alpha value is -1.59. The molecule has 0 aromatic rings. The zero-order valence-corrected chi connectivity index (χ0v) is 12.1. The summed E-state index contributed by atoms with van der Waals surface area (Å²) in [6, 6.07) is -1.33. The second kappa shape index (κ2) is 6.91. The van der Waals surface area contributed by atoms with E-state index >= 15 is 0 Å². The van der Waals surface area contributed by atoms with Gasteiger partial charge in [0.25, 0.3) is 0 Å². The summed E-state index contributed by atoms with van der Waals surface area (Å²) in [5.41, 5.74) is 0. The van der Waals surface area contributed by atoms with Gasteiger partial charge in [-0.05, 0) is 31.1 Å². The van der Waals surface area contributed by atoms with Crippen molar-refractivity contribution in [3.63, 3.8) is 0 Å². The maximum absolute atomic E-state index is 12.2. The average molecular weight is 297 g/mol. The fraction of sp³-hybridized carbons (Fsp3) is 0.800. The molecule has 2 rings (SSSR count). The molecule has 0 spiro atoms. The van der Waals surface area contributed by atoms with Crippen LogP contribution in [0, 0.1) is 17.8 Å². The van der Waals surface area contributed by atoms with E-state index in [1.165, 1.54) is 19.3 Å².